The van der Waals surface area contributed by atoms with Gasteiger partial charge in [-0.2, -0.15) is 10.4 Å². The minimum absolute atomic E-state index is 0.00180. The van der Waals surface area contributed by atoms with E-state index in [-0.39, 0.29) is 11.9 Å². The summed E-state index contributed by atoms with van der Waals surface area (Å²) in [6.45, 7) is 2.33. The Morgan fingerprint density at radius 1 is 1.45 bits per heavy atom. The van der Waals surface area contributed by atoms with Gasteiger partial charge in [-0.25, -0.2) is 0 Å². The first-order chi connectivity index (χ1) is 9.61. The third-order valence-electron chi connectivity index (χ3n) is 3.16. The molecule has 0 bridgehead atoms. The largest absolute Gasteiger partial charge is 0.340 e. The number of carbonyl (C=O) groups excluding carboxylic acids is 1. The van der Waals surface area contributed by atoms with Crippen LogP contribution in [-0.2, 0) is 11.3 Å². The van der Waals surface area contributed by atoms with Gasteiger partial charge >= 0.3 is 0 Å². The van der Waals surface area contributed by atoms with Crippen LogP contribution in [0.25, 0.3) is 0 Å². The number of amides is 1. The number of nitrogens with zero attached hydrogens (tertiary/aromatic N) is 4. The fraction of sp³-hybridized carbons (Fsp3) is 0.267. The summed E-state index contributed by atoms with van der Waals surface area (Å²) in [7, 11) is 1.76. The van der Waals surface area contributed by atoms with Gasteiger partial charge in [0, 0.05) is 26.0 Å². The lowest BCUT2D eigenvalue weighted by Gasteiger charge is -2.21. The number of hydrogen-bond acceptors (Lipinski definition) is 3. The van der Waals surface area contributed by atoms with E-state index < -0.39 is 0 Å². The number of aromatic nitrogens is 2. The fourth-order valence-corrected chi connectivity index (χ4v) is 1.98. The van der Waals surface area contributed by atoms with Crippen molar-refractivity contribution in [2.24, 2.45) is 0 Å². The Morgan fingerprint density at radius 2 is 2.15 bits per heavy atom. The summed E-state index contributed by atoms with van der Waals surface area (Å²) in [6, 6.07) is 10.8. The van der Waals surface area contributed by atoms with Gasteiger partial charge in [-0.1, -0.05) is 12.1 Å². The van der Waals surface area contributed by atoms with Crippen LogP contribution in [-0.4, -0.2) is 27.6 Å². The van der Waals surface area contributed by atoms with Crippen molar-refractivity contribution >= 4 is 5.91 Å². The molecule has 1 heterocycles. The molecule has 20 heavy (non-hydrogen) atoms. The summed E-state index contributed by atoms with van der Waals surface area (Å²) in [5.74, 6) is -0.00180. The lowest BCUT2D eigenvalue weighted by atomic mass is 10.1. The van der Waals surface area contributed by atoms with E-state index >= 15 is 0 Å². The van der Waals surface area contributed by atoms with Crippen molar-refractivity contribution in [3.63, 3.8) is 0 Å². The second kappa shape index (κ2) is 6.02. The Hall–Kier alpha value is -2.61. The summed E-state index contributed by atoms with van der Waals surface area (Å²) in [6.07, 6.45) is 3.43. The molecule has 2 rings (SSSR count). The number of nitriles is 1. The summed E-state index contributed by atoms with van der Waals surface area (Å²) in [5, 5.41) is 12.8. The molecular formula is C15H16N4O. The fourth-order valence-electron chi connectivity index (χ4n) is 1.98. The molecular weight excluding hydrogens is 252 g/mol. The quantitative estimate of drug-likeness (QED) is 0.851. The van der Waals surface area contributed by atoms with Crippen molar-refractivity contribution in [2.75, 3.05) is 7.05 Å². The lowest BCUT2D eigenvalue weighted by Crippen LogP contribution is -2.32. The zero-order chi connectivity index (χ0) is 14.5. The molecule has 0 saturated heterocycles. The second-order valence-corrected chi connectivity index (χ2v) is 4.67. The first kappa shape index (κ1) is 13.8. The zero-order valence-electron chi connectivity index (χ0n) is 11.5. The summed E-state index contributed by atoms with van der Waals surface area (Å²) >= 11 is 0. The van der Waals surface area contributed by atoms with Gasteiger partial charge in [0.25, 0.3) is 0 Å². The molecule has 1 atom stereocenters. The first-order valence-electron chi connectivity index (χ1n) is 6.35. The third-order valence-corrected chi connectivity index (χ3v) is 3.16. The maximum Gasteiger partial charge on any atom is 0.247 e. The molecule has 1 amide bonds. The standard InChI is InChI=1S/C15H16N4O/c1-12(19-9-3-8-17-19)15(20)18(2)11-14-6-4-13(10-16)5-7-14/h3-9,12H,11H2,1-2H3. The average Bonchev–Trinajstić information content (AvgIpc) is 3.00. The molecule has 1 aromatic heterocycles. The van der Waals surface area contributed by atoms with E-state index in [9.17, 15) is 4.79 Å². The average molecular weight is 268 g/mol. The minimum atomic E-state index is -0.326. The Kier molecular flexibility index (Phi) is 4.16. The number of carbonyl (C=O) groups is 1. The van der Waals surface area contributed by atoms with E-state index in [1.807, 2.05) is 19.1 Å². The summed E-state index contributed by atoms with van der Waals surface area (Å²) < 4.78 is 1.64. The molecule has 0 aliphatic rings. The summed E-state index contributed by atoms with van der Waals surface area (Å²) in [4.78, 5) is 13.9. The molecule has 5 heteroatoms. The molecule has 102 valence electrons. The number of rotatable bonds is 4. The van der Waals surface area contributed by atoms with Crippen molar-refractivity contribution in [1.82, 2.24) is 14.7 Å². The number of hydrogen-bond donors (Lipinski definition) is 0. The summed E-state index contributed by atoms with van der Waals surface area (Å²) in [5.41, 5.74) is 1.61. The highest BCUT2D eigenvalue weighted by atomic mass is 16.2. The van der Waals surface area contributed by atoms with Gasteiger partial charge in [0.1, 0.15) is 6.04 Å². The molecule has 0 spiro atoms. The third kappa shape index (κ3) is 3.04. The van der Waals surface area contributed by atoms with E-state index in [1.165, 1.54) is 0 Å². The maximum absolute atomic E-state index is 12.3. The highest BCUT2D eigenvalue weighted by molar-refractivity contribution is 5.79. The topological polar surface area (TPSA) is 61.9 Å². The van der Waals surface area contributed by atoms with Crippen molar-refractivity contribution in [3.8, 4) is 6.07 Å². The van der Waals surface area contributed by atoms with Crippen LogP contribution in [0, 0.1) is 11.3 Å². The smallest absolute Gasteiger partial charge is 0.247 e. The second-order valence-electron chi connectivity index (χ2n) is 4.67. The molecule has 5 nitrogen and oxygen atoms in total. The Morgan fingerprint density at radius 3 is 2.70 bits per heavy atom. The molecule has 0 fully saturated rings. The van der Waals surface area contributed by atoms with Crippen LogP contribution in [0.2, 0.25) is 0 Å². The van der Waals surface area contributed by atoms with Gasteiger partial charge in [0.05, 0.1) is 11.6 Å². The van der Waals surface area contributed by atoms with Crippen LogP contribution in [0.4, 0.5) is 0 Å². The van der Waals surface area contributed by atoms with Crippen LogP contribution < -0.4 is 0 Å². The number of benzene rings is 1. The molecule has 2 aromatic rings. The van der Waals surface area contributed by atoms with Crippen molar-refractivity contribution in [2.45, 2.75) is 19.5 Å². The Balaban J connectivity index is 2.02. The van der Waals surface area contributed by atoms with E-state index in [0.717, 1.165) is 5.56 Å². The van der Waals surface area contributed by atoms with Crippen LogP contribution in [0.15, 0.2) is 42.7 Å². The van der Waals surface area contributed by atoms with Crippen LogP contribution in [0.5, 0.6) is 0 Å². The zero-order valence-corrected chi connectivity index (χ0v) is 11.5. The molecule has 1 aromatic carbocycles. The highest BCUT2D eigenvalue weighted by Gasteiger charge is 2.19. The van der Waals surface area contributed by atoms with E-state index in [2.05, 4.69) is 11.2 Å². The maximum atomic E-state index is 12.3. The van der Waals surface area contributed by atoms with Gasteiger partial charge in [-0.3, -0.25) is 9.48 Å². The normalized spacial score (nSPS) is 11.7. The van der Waals surface area contributed by atoms with Gasteiger partial charge in [-0.05, 0) is 30.7 Å². The molecule has 0 N–H and O–H groups in total. The molecule has 1 unspecified atom stereocenters. The lowest BCUT2D eigenvalue weighted by molar-refractivity contribution is -0.133. The van der Waals surface area contributed by atoms with Gasteiger partial charge in [0.2, 0.25) is 5.91 Å². The number of likely N-dealkylation sites (N-methyl/N-ethyl adjacent to an activating group) is 1. The van der Waals surface area contributed by atoms with Gasteiger partial charge in [-0.15, -0.1) is 0 Å². The molecule has 0 aliphatic heterocycles. The molecule has 0 saturated carbocycles. The Labute approximate surface area is 118 Å². The predicted octanol–water partition coefficient (Wildman–Crippen LogP) is 1.97. The van der Waals surface area contributed by atoms with Crippen LogP contribution in [0.3, 0.4) is 0 Å². The predicted molar refractivity (Wildman–Crippen MR) is 74.6 cm³/mol. The van der Waals surface area contributed by atoms with Gasteiger partial charge in [0.15, 0.2) is 0 Å². The monoisotopic (exact) mass is 268 g/mol. The van der Waals surface area contributed by atoms with Crippen molar-refractivity contribution in [3.05, 3.63) is 53.9 Å². The van der Waals surface area contributed by atoms with E-state index in [0.29, 0.717) is 12.1 Å². The molecule has 0 aliphatic carbocycles. The first-order valence-corrected chi connectivity index (χ1v) is 6.35. The van der Waals surface area contributed by atoms with E-state index in [4.69, 9.17) is 5.26 Å². The van der Waals surface area contributed by atoms with E-state index in [1.54, 1.807) is 47.2 Å². The van der Waals surface area contributed by atoms with Gasteiger partial charge < -0.3 is 4.90 Å². The molecule has 0 radical (unpaired) electrons. The Bertz CT molecular complexity index is 610. The van der Waals surface area contributed by atoms with Crippen LogP contribution >= 0.6 is 0 Å². The van der Waals surface area contributed by atoms with Crippen molar-refractivity contribution < 1.29 is 4.79 Å². The highest BCUT2D eigenvalue weighted by Crippen LogP contribution is 2.11. The minimum Gasteiger partial charge on any atom is -0.340 e. The van der Waals surface area contributed by atoms with Crippen molar-refractivity contribution in [1.29, 1.82) is 5.26 Å². The SMILES string of the molecule is CC(C(=O)N(C)Cc1ccc(C#N)cc1)n1cccn1. The van der Waals surface area contributed by atoms with Crippen LogP contribution in [0.1, 0.15) is 24.1 Å².